The van der Waals surface area contributed by atoms with Gasteiger partial charge in [-0.1, -0.05) is 20.8 Å². The van der Waals surface area contributed by atoms with E-state index in [9.17, 15) is 0 Å². The van der Waals surface area contributed by atoms with E-state index < -0.39 is 0 Å². The molecule has 0 aliphatic heterocycles. The van der Waals surface area contributed by atoms with Crippen molar-refractivity contribution >= 4 is 27.7 Å². The zero-order chi connectivity index (χ0) is 12.8. The van der Waals surface area contributed by atoms with E-state index in [-0.39, 0.29) is 0 Å². The molecule has 0 unspecified atom stereocenters. The van der Waals surface area contributed by atoms with Crippen molar-refractivity contribution < 1.29 is 0 Å². The Labute approximate surface area is 118 Å². The quantitative estimate of drug-likeness (QED) is 0.688. The lowest BCUT2D eigenvalue weighted by molar-refractivity contribution is 0.624. The van der Waals surface area contributed by atoms with E-state index in [1.54, 1.807) is 0 Å². The fraction of sp³-hybridized carbons (Fsp3) is 0.769. The first-order valence-corrected chi connectivity index (χ1v) is 8.36. The minimum atomic E-state index is 0.799. The Morgan fingerprint density at radius 2 is 2.06 bits per heavy atom. The van der Waals surface area contributed by atoms with Crippen molar-refractivity contribution in [2.24, 2.45) is 5.92 Å². The van der Waals surface area contributed by atoms with E-state index in [1.807, 2.05) is 11.8 Å². The number of nitrogens with zero attached hydrogens (tertiary/aromatic N) is 2. The highest BCUT2D eigenvalue weighted by molar-refractivity contribution is 9.10. The Hall–Kier alpha value is 0.0400. The van der Waals surface area contributed by atoms with E-state index in [2.05, 4.69) is 53.4 Å². The van der Waals surface area contributed by atoms with E-state index in [1.165, 1.54) is 28.0 Å². The van der Waals surface area contributed by atoms with Crippen molar-refractivity contribution in [3.05, 3.63) is 15.9 Å². The van der Waals surface area contributed by atoms with Gasteiger partial charge < -0.3 is 0 Å². The Morgan fingerprint density at radius 1 is 1.35 bits per heavy atom. The van der Waals surface area contributed by atoms with Crippen LogP contribution in [0.5, 0.6) is 0 Å². The van der Waals surface area contributed by atoms with Crippen molar-refractivity contribution in [2.75, 3.05) is 5.75 Å². The fourth-order valence-corrected chi connectivity index (χ4v) is 3.80. The number of rotatable bonds is 7. The molecule has 4 heteroatoms. The lowest BCUT2D eigenvalue weighted by atomic mass is 10.2. The number of hydrogen-bond donors (Lipinski definition) is 0. The minimum absolute atomic E-state index is 0.799. The van der Waals surface area contributed by atoms with Crippen molar-refractivity contribution in [3.8, 4) is 0 Å². The van der Waals surface area contributed by atoms with Crippen LogP contribution >= 0.6 is 27.7 Å². The van der Waals surface area contributed by atoms with Gasteiger partial charge in [-0.3, -0.25) is 4.68 Å². The molecule has 0 radical (unpaired) electrons. The van der Waals surface area contributed by atoms with Crippen LogP contribution in [0.4, 0.5) is 0 Å². The fourth-order valence-electron chi connectivity index (χ4n) is 1.64. The molecular weight excluding hydrogens is 296 g/mol. The van der Waals surface area contributed by atoms with Gasteiger partial charge >= 0.3 is 0 Å². The van der Waals surface area contributed by atoms with Gasteiger partial charge in [-0.15, -0.1) is 0 Å². The van der Waals surface area contributed by atoms with Gasteiger partial charge in [-0.05, 0) is 47.4 Å². The highest BCUT2D eigenvalue weighted by Crippen LogP contribution is 2.26. The summed E-state index contributed by atoms with van der Waals surface area (Å²) in [5.41, 5.74) is 2.53. The van der Waals surface area contributed by atoms with Crippen LogP contribution in [-0.2, 0) is 18.7 Å². The Kier molecular flexibility index (Phi) is 6.63. The average molecular weight is 319 g/mol. The molecule has 1 aromatic heterocycles. The number of halogens is 1. The van der Waals surface area contributed by atoms with Crippen LogP contribution in [0.25, 0.3) is 0 Å². The van der Waals surface area contributed by atoms with Gasteiger partial charge in [-0.2, -0.15) is 16.9 Å². The molecule has 0 atom stereocenters. The van der Waals surface area contributed by atoms with E-state index >= 15 is 0 Å². The lowest BCUT2D eigenvalue weighted by Crippen LogP contribution is -2.02. The van der Waals surface area contributed by atoms with Crippen LogP contribution in [-0.4, -0.2) is 15.5 Å². The summed E-state index contributed by atoms with van der Waals surface area (Å²) in [7, 11) is 0. The minimum Gasteiger partial charge on any atom is -0.268 e. The number of hydrogen-bond acceptors (Lipinski definition) is 2. The van der Waals surface area contributed by atoms with E-state index in [0.29, 0.717) is 0 Å². The van der Waals surface area contributed by atoms with Gasteiger partial charge in [0.15, 0.2) is 0 Å². The zero-order valence-electron chi connectivity index (χ0n) is 11.3. The van der Waals surface area contributed by atoms with Crippen LogP contribution < -0.4 is 0 Å². The van der Waals surface area contributed by atoms with Gasteiger partial charge in [0.1, 0.15) is 0 Å². The first-order chi connectivity index (χ1) is 8.10. The molecule has 1 heterocycles. The van der Waals surface area contributed by atoms with E-state index in [0.717, 1.165) is 24.6 Å². The molecule has 1 rings (SSSR count). The highest BCUT2D eigenvalue weighted by Gasteiger charge is 2.13. The first kappa shape index (κ1) is 15.1. The van der Waals surface area contributed by atoms with Crippen LogP contribution in [0.2, 0.25) is 0 Å². The SMILES string of the molecule is CCc1nn(CC)c(CSCCC(C)C)c1Br. The molecule has 0 aliphatic rings. The number of thioether (sulfide) groups is 1. The largest absolute Gasteiger partial charge is 0.268 e. The molecule has 98 valence electrons. The molecule has 17 heavy (non-hydrogen) atoms. The van der Waals surface area contributed by atoms with Gasteiger partial charge in [0.05, 0.1) is 15.9 Å². The summed E-state index contributed by atoms with van der Waals surface area (Å²) >= 11 is 5.70. The third-order valence-electron chi connectivity index (χ3n) is 2.77. The second kappa shape index (κ2) is 7.47. The molecule has 0 amide bonds. The summed E-state index contributed by atoms with van der Waals surface area (Å²) in [5, 5.41) is 4.62. The third-order valence-corrected chi connectivity index (χ3v) is 4.69. The molecule has 0 aromatic carbocycles. The average Bonchev–Trinajstić information content (AvgIpc) is 2.61. The topological polar surface area (TPSA) is 17.8 Å². The molecule has 0 fully saturated rings. The maximum atomic E-state index is 4.62. The highest BCUT2D eigenvalue weighted by atomic mass is 79.9. The molecule has 1 aromatic rings. The monoisotopic (exact) mass is 318 g/mol. The van der Waals surface area contributed by atoms with Gasteiger partial charge in [0, 0.05) is 12.3 Å². The van der Waals surface area contributed by atoms with Crippen LogP contribution in [0.3, 0.4) is 0 Å². The maximum absolute atomic E-state index is 4.62. The molecule has 0 aliphatic carbocycles. The second-order valence-corrected chi connectivity index (χ2v) is 6.51. The summed E-state index contributed by atoms with van der Waals surface area (Å²) in [6.45, 7) is 9.83. The molecule has 0 saturated heterocycles. The summed E-state index contributed by atoms with van der Waals surface area (Å²) in [4.78, 5) is 0. The first-order valence-electron chi connectivity index (χ1n) is 6.41. The molecule has 0 saturated carbocycles. The van der Waals surface area contributed by atoms with Crippen molar-refractivity contribution in [2.45, 2.75) is 52.8 Å². The molecular formula is C13H23BrN2S. The predicted molar refractivity (Wildman–Crippen MR) is 80.6 cm³/mol. The standard InChI is InChI=1S/C13H23BrN2S/c1-5-11-13(14)12(16(6-2)15-11)9-17-8-7-10(3)4/h10H,5-9H2,1-4H3. The van der Waals surface area contributed by atoms with Crippen molar-refractivity contribution in [1.82, 2.24) is 9.78 Å². The van der Waals surface area contributed by atoms with Gasteiger partial charge in [0.25, 0.3) is 0 Å². The molecule has 0 spiro atoms. The summed E-state index contributed by atoms with van der Waals surface area (Å²) in [6.07, 6.45) is 2.29. The number of aromatic nitrogens is 2. The summed E-state index contributed by atoms with van der Waals surface area (Å²) < 4.78 is 3.35. The normalized spacial score (nSPS) is 11.4. The predicted octanol–water partition coefficient (Wildman–Crippen LogP) is 4.51. The molecule has 0 N–H and O–H groups in total. The Balaban J connectivity index is 2.59. The van der Waals surface area contributed by atoms with Crippen molar-refractivity contribution in [1.29, 1.82) is 0 Å². The van der Waals surface area contributed by atoms with Gasteiger partial charge in [-0.25, -0.2) is 0 Å². The number of aryl methyl sites for hydroxylation is 2. The third kappa shape index (κ3) is 4.32. The molecule has 2 nitrogen and oxygen atoms in total. The summed E-state index contributed by atoms with van der Waals surface area (Å²) in [5.74, 6) is 3.10. The van der Waals surface area contributed by atoms with Crippen LogP contribution in [0.1, 0.15) is 45.5 Å². The van der Waals surface area contributed by atoms with Gasteiger partial charge in [0.2, 0.25) is 0 Å². The van der Waals surface area contributed by atoms with Crippen LogP contribution in [0.15, 0.2) is 4.47 Å². The zero-order valence-corrected chi connectivity index (χ0v) is 13.7. The maximum Gasteiger partial charge on any atom is 0.0767 e. The Bertz CT molecular complexity index is 347. The molecule has 0 bridgehead atoms. The Morgan fingerprint density at radius 3 is 2.59 bits per heavy atom. The van der Waals surface area contributed by atoms with E-state index in [4.69, 9.17) is 0 Å². The van der Waals surface area contributed by atoms with Crippen molar-refractivity contribution in [3.63, 3.8) is 0 Å². The lowest BCUT2D eigenvalue weighted by Gasteiger charge is -2.06. The summed E-state index contributed by atoms with van der Waals surface area (Å²) in [6, 6.07) is 0. The smallest absolute Gasteiger partial charge is 0.0767 e. The second-order valence-electron chi connectivity index (χ2n) is 4.61. The van der Waals surface area contributed by atoms with Crippen LogP contribution in [0, 0.1) is 5.92 Å².